The number of alkyl halides is 3. The Balaban J connectivity index is 4.19. The lowest BCUT2D eigenvalue weighted by Crippen LogP contribution is -2.41. The van der Waals surface area contributed by atoms with E-state index in [0.29, 0.717) is 26.2 Å². The van der Waals surface area contributed by atoms with Crippen LogP contribution in [0.3, 0.4) is 0 Å². The van der Waals surface area contributed by atoms with Crippen LogP contribution >= 0.6 is 0 Å². The largest absolute Gasteiger partial charge is 0.406 e. The minimum Gasteiger partial charge on any atom is -0.382 e. The van der Waals surface area contributed by atoms with Crippen molar-refractivity contribution in [3.8, 4) is 0 Å². The molecule has 0 saturated heterocycles. The zero-order valence-corrected chi connectivity index (χ0v) is 10.8. The minimum absolute atomic E-state index is 0.0193. The molecule has 108 valence electrons. The third-order valence-electron chi connectivity index (χ3n) is 2.07. The third-order valence-corrected chi connectivity index (χ3v) is 2.07. The summed E-state index contributed by atoms with van der Waals surface area (Å²) in [4.78, 5) is 12.3. The zero-order valence-electron chi connectivity index (χ0n) is 10.8. The number of ether oxygens (including phenoxy) is 2. The van der Waals surface area contributed by atoms with Gasteiger partial charge in [-0.25, -0.2) is 0 Å². The number of carbonyl (C=O) groups is 1. The van der Waals surface area contributed by atoms with Crippen LogP contribution in [0.1, 0.15) is 20.3 Å². The SMILES string of the molecule is CCOCCCN(CC(F)(F)F)C(=O)COCC. The molecule has 0 N–H and O–H groups in total. The topological polar surface area (TPSA) is 38.8 Å². The summed E-state index contributed by atoms with van der Waals surface area (Å²) in [5.41, 5.74) is 0. The van der Waals surface area contributed by atoms with Gasteiger partial charge in [-0.3, -0.25) is 4.79 Å². The molecule has 0 rings (SSSR count). The first kappa shape index (κ1) is 17.2. The molecule has 0 aliphatic heterocycles. The highest BCUT2D eigenvalue weighted by atomic mass is 19.4. The van der Waals surface area contributed by atoms with Gasteiger partial charge >= 0.3 is 6.18 Å². The summed E-state index contributed by atoms with van der Waals surface area (Å²) in [5, 5.41) is 0. The van der Waals surface area contributed by atoms with Crippen molar-refractivity contribution in [2.75, 3.05) is 39.5 Å². The second-order valence-electron chi connectivity index (χ2n) is 3.62. The van der Waals surface area contributed by atoms with Crippen molar-refractivity contribution < 1.29 is 27.4 Å². The van der Waals surface area contributed by atoms with Crippen LogP contribution in [-0.4, -0.2) is 56.5 Å². The molecule has 0 aliphatic carbocycles. The summed E-state index contributed by atoms with van der Waals surface area (Å²) < 4.78 is 46.7. The molecular weight excluding hydrogens is 251 g/mol. The van der Waals surface area contributed by atoms with Gasteiger partial charge in [0, 0.05) is 26.4 Å². The first-order valence-electron chi connectivity index (χ1n) is 5.90. The van der Waals surface area contributed by atoms with Crippen LogP contribution in [0, 0.1) is 0 Å². The molecule has 0 saturated carbocycles. The van der Waals surface area contributed by atoms with Gasteiger partial charge in [-0.2, -0.15) is 13.2 Å². The fourth-order valence-corrected chi connectivity index (χ4v) is 1.29. The van der Waals surface area contributed by atoms with Gasteiger partial charge in [0.2, 0.25) is 5.91 Å². The number of carbonyl (C=O) groups excluding carboxylic acids is 1. The predicted molar refractivity (Wildman–Crippen MR) is 60.2 cm³/mol. The van der Waals surface area contributed by atoms with Crippen LogP contribution in [0.5, 0.6) is 0 Å². The minimum atomic E-state index is -4.40. The first-order valence-corrected chi connectivity index (χ1v) is 5.90. The molecule has 1 amide bonds. The summed E-state index contributed by atoms with van der Waals surface area (Å²) in [6, 6.07) is 0. The van der Waals surface area contributed by atoms with E-state index in [2.05, 4.69) is 0 Å². The average Bonchev–Trinajstić information content (AvgIpc) is 2.28. The van der Waals surface area contributed by atoms with Crippen LogP contribution in [0.25, 0.3) is 0 Å². The molecule has 0 aromatic rings. The van der Waals surface area contributed by atoms with Gasteiger partial charge in [-0.1, -0.05) is 0 Å². The molecule has 18 heavy (non-hydrogen) atoms. The van der Waals surface area contributed by atoms with E-state index in [1.165, 1.54) is 0 Å². The van der Waals surface area contributed by atoms with Gasteiger partial charge in [-0.05, 0) is 20.3 Å². The average molecular weight is 271 g/mol. The summed E-state index contributed by atoms with van der Waals surface area (Å²) in [5.74, 6) is -0.648. The second kappa shape index (κ2) is 9.16. The summed E-state index contributed by atoms with van der Waals surface area (Å²) >= 11 is 0. The maximum Gasteiger partial charge on any atom is 0.406 e. The number of rotatable bonds is 9. The smallest absolute Gasteiger partial charge is 0.382 e. The van der Waals surface area contributed by atoms with Gasteiger partial charge in [-0.15, -0.1) is 0 Å². The van der Waals surface area contributed by atoms with E-state index in [9.17, 15) is 18.0 Å². The van der Waals surface area contributed by atoms with Crippen molar-refractivity contribution >= 4 is 5.91 Å². The van der Waals surface area contributed by atoms with Crippen LogP contribution in [0.2, 0.25) is 0 Å². The third kappa shape index (κ3) is 9.23. The quantitative estimate of drug-likeness (QED) is 0.601. The number of amides is 1. The van der Waals surface area contributed by atoms with E-state index in [1.54, 1.807) is 13.8 Å². The monoisotopic (exact) mass is 271 g/mol. The molecule has 0 radical (unpaired) electrons. The van der Waals surface area contributed by atoms with Crippen molar-refractivity contribution in [1.82, 2.24) is 4.90 Å². The molecule has 0 aliphatic rings. The fourth-order valence-electron chi connectivity index (χ4n) is 1.29. The molecular formula is C11H20F3NO3. The van der Waals surface area contributed by atoms with Gasteiger partial charge < -0.3 is 14.4 Å². The molecule has 0 fully saturated rings. The molecule has 0 atom stereocenters. The second-order valence-corrected chi connectivity index (χ2v) is 3.62. The zero-order chi connectivity index (χ0) is 14.0. The predicted octanol–water partition coefficient (Wildman–Crippen LogP) is 1.84. The molecule has 0 aromatic heterocycles. The Morgan fingerprint density at radius 2 is 1.78 bits per heavy atom. The van der Waals surface area contributed by atoms with Gasteiger partial charge in [0.25, 0.3) is 0 Å². The van der Waals surface area contributed by atoms with Crippen LogP contribution in [0.15, 0.2) is 0 Å². The molecule has 0 aromatic carbocycles. The van der Waals surface area contributed by atoms with E-state index >= 15 is 0 Å². The van der Waals surface area contributed by atoms with E-state index in [0.717, 1.165) is 4.90 Å². The normalized spacial score (nSPS) is 11.6. The molecule has 0 unspecified atom stereocenters. The molecule has 7 heteroatoms. The first-order chi connectivity index (χ1) is 8.40. The van der Waals surface area contributed by atoms with E-state index in [1.807, 2.05) is 0 Å². The lowest BCUT2D eigenvalue weighted by Gasteiger charge is -2.23. The van der Waals surface area contributed by atoms with E-state index in [4.69, 9.17) is 9.47 Å². The maximum atomic E-state index is 12.3. The highest BCUT2D eigenvalue weighted by Gasteiger charge is 2.32. The van der Waals surface area contributed by atoms with Crippen LogP contribution in [-0.2, 0) is 14.3 Å². The Morgan fingerprint density at radius 3 is 2.28 bits per heavy atom. The maximum absolute atomic E-state index is 12.3. The highest BCUT2D eigenvalue weighted by Crippen LogP contribution is 2.16. The Bertz CT molecular complexity index is 234. The Hall–Kier alpha value is -0.820. The van der Waals surface area contributed by atoms with Crippen LogP contribution in [0.4, 0.5) is 13.2 Å². The highest BCUT2D eigenvalue weighted by molar-refractivity contribution is 5.77. The summed E-state index contributed by atoms with van der Waals surface area (Å²) in [6.45, 7) is 3.07. The standard InChI is InChI=1S/C11H20F3NO3/c1-3-17-7-5-6-15(9-11(12,13)14)10(16)8-18-4-2/h3-9H2,1-2H3. The Labute approximate surface area is 105 Å². The van der Waals surface area contributed by atoms with Gasteiger partial charge in [0.15, 0.2) is 0 Å². The van der Waals surface area contributed by atoms with E-state index in [-0.39, 0.29) is 13.2 Å². The number of halogens is 3. The van der Waals surface area contributed by atoms with E-state index < -0.39 is 18.6 Å². The van der Waals surface area contributed by atoms with Gasteiger partial charge in [0.1, 0.15) is 13.2 Å². The van der Waals surface area contributed by atoms with Crippen molar-refractivity contribution in [2.45, 2.75) is 26.4 Å². The van der Waals surface area contributed by atoms with Crippen molar-refractivity contribution in [1.29, 1.82) is 0 Å². The number of nitrogens with zero attached hydrogens (tertiary/aromatic N) is 1. The molecule has 0 heterocycles. The molecule has 0 bridgehead atoms. The lowest BCUT2D eigenvalue weighted by atomic mass is 10.3. The summed E-state index contributed by atoms with van der Waals surface area (Å²) in [7, 11) is 0. The number of hydrogen-bond acceptors (Lipinski definition) is 3. The molecule has 4 nitrogen and oxygen atoms in total. The van der Waals surface area contributed by atoms with Crippen LogP contribution < -0.4 is 0 Å². The van der Waals surface area contributed by atoms with Gasteiger partial charge in [0.05, 0.1) is 0 Å². The Kier molecular flexibility index (Phi) is 8.74. The number of hydrogen-bond donors (Lipinski definition) is 0. The summed E-state index contributed by atoms with van der Waals surface area (Å²) in [6.07, 6.45) is -4.02. The fraction of sp³-hybridized carbons (Fsp3) is 0.909. The Morgan fingerprint density at radius 1 is 1.17 bits per heavy atom. The van der Waals surface area contributed by atoms with Crippen molar-refractivity contribution in [3.63, 3.8) is 0 Å². The lowest BCUT2D eigenvalue weighted by molar-refractivity contribution is -0.164. The molecule has 0 spiro atoms. The van der Waals surface area contributed by atoms with Crippen molar-refractivity contribution in [3.05, 3.63) is 0 Å². The van der Waals surface area contributed by atoms with Crippen molar-refractivity contribution in [2.24, 2.45) is 0 Å².